The lowest BCUT2D eigenvalue weighted by Crippen LogP contribution is -1.90. The zero-order valence-electron chi connectivity index (χ0n) is 6.13. The average molecular weight is 167 g/mol. The van der Waals surface area contributed by atoms with Crippen molar-refractivity contribution in [1.29, 1.82) is 5.26 Å². The third-order valence-electron chi connectivity index (χ3n) is 1.43. The first-order valence-electron chi connectivity index (χ1n) is 3.22. The third kappa shape index (κ3) is 1.92. The molecular weight excluding hydrogens is 160 g/mol. The van der Waals surface area contributed by atoms with E-state index in [0.717, 1.165) is 11.3 Å². The van der Waals surface area contributed by atoms with Crippen LogP contribution in [0.5, 0.6) is 0 Å². The molecule has 1 aromatic rings. The van der Waals surface area contributed by atoms with Gasteiger partial charge in [0.25, 0.3) is 0 Å². The molecule has 0 unspecified atom stereocenters. The summed E-state index contributed by atoms with van der Waals surface area (Å²) in [6, 6.07) is 3.82. The predicted octanol–water partition coefficient (Wildman–Crippen LogP) is 2.11. The fourth-order valence-electron chi connectivity index (χ4n) is 0.814. The second-order valence-electron chi connectivity index (χ2n) is 2.23. The first kappa shape index (κ1) is 8.03. The van der Waals surface area contributed by atoms with E-state index in [2.05, 4.69) is 11.1 Å². The van der Waals surface area contributed by atoms with E-state index >= 15 is 0 Å². The van der Waals surface area contributed by atoms with E-state index in [1.165, 1.54) is 0 Å². The second kappa shape index (κ2) is 3.36. The van der Waals surface area contributed by atoms with Crippen LogP contribution in [0.3, 0.4) is 0 Å². The Morgan fingerprint density at radius 3 is 3.09 bits per heavy atom. The Labute approximate surface area is 70.4 Å². The smallest absolute Gasteiger partial charge is 0.0670 e. The van der Waals surface area contributed by atoms with E-state index in [1.54, 1.807) is 12.3 Å². The normalized spacial score (nSPS) is 9.18. The largest absolute Gasteiger partial charge is 0.260 e. The summed E-state index contributed by atoms with van der Waals surface area (Å²) >= 11 is 5.68. The highest BCUT2D eigenvalue weighted by atomic mass is 35.5. The summed E-state index contributed by atoms with van der Waals surface area (Å²) < 4.78 is 0. The molecule has 0 bridgehead atoms. The molecule has 0 amide bonds. The van der Waals surface area contributed by atoms with Gasteiger partial charge in [0, 0.05) is 11.9 Å². The number of aromatic nitrogens is 1. The molecule has 0 atom stereocenters. The lowest BCUT2D eigenvalue weighted by atomic mass is 10.1. The van der Waals surface area contributed by atoms with E-state index in [-0.39, 0.29) is 0 Å². The Morgan fingerprint density at radius 2 is 2.45 bits per heavy atom. The first-order chi connectivity index (χ1) is 5.24. The SMILES string of the molecule is Cc1ncc(Cl)cc1CC#N. The van der Waals surface area contributed by atoms with Crippen molar-refractivity contribution in [3.05, 3.63) is 28.5 Å². The molecule has 1 heterocycles. The van der Waals surface area contributed by atoms with Crippen molar-refractivity contribution in [2.75, 3.05) is 0 Å². The zero-order chi connectivity index (χ0) is 8.27. The summed E-state index contributed by atoms with van der Waals surface area (Å²) in [5.74, 6) is 0. The van der Waals surface area contributed by atoms with Crippen LogP contribution in [0, 0.1) is 18.3 Å². The number of rotatable bonds is 1. The number of pyridine rings is 1. The molecule has 56 valence electrons. The Hall–Kier alpha value is -1.07. The van der Waals surface area contributed by atoms with Crippen molar-refractivity contribution in [3.63, 3.8) is 0 Å². The molecule has 3 heteroatoms. The van der Waals surface area contributed by atoms with Crippen LogP contribution < -0.4 is 0 Å². The van der Waals surface area contributed by atoms with Gasteiger partial charge in [-0.1, -0.05) is 11.6 Å². The lowest BCUT2D eigenvalue weighted by molar-refractivity contribution is 1.11. The minimum atomic E-state index is 0.374. The average Bonchev–Trinajstić information content (AvgIpc) is 1.98. The summed E-state index contributed by atoms with van der Waals surface area (Å²) in [5, 5.41) is 9.00. The molecule has 0 saturated heterocycles. The first-order valence-corrected chi connectivity index (χ1v) is 3.60. The standard InChI is InChI=1S/C8H7ClN2/c1-6-7(2-3-10)4-8(9)5-11-6/h4-5H,2H2,1H3. The van der Waals surface area contributed by atoms with Crippen molar-refractivity contribution in [2.24, 2.45) is 0 Å². The molecule has 0 aliphatic carbocycles. The zero-order valence-corrected chi connectivity index (χ0v) is 6.89. The van der Waals surface area contributed by atoms with Gasteiger partial charge in [0.05, 0.1) is 17.5 Å². The Kier molecular flexibility index (Phi) is 2.45. The van der Waals surface area contributed by atoms with Gasteiger partial charge in [-0.05, 0) is 18.6 Å². The third-order valence-corrected chi connectivity index (χ3v) is 1.63. The van der Waals surface area contributed by atoms with Crippen molar-refractivity contribution in [3.8, 4) is 6.07 Å². The number of halogens is 1. The van der Waals surface area contributed by atoms with Gasteiger partial charge in [0.2, 0.25) is 0 Å². The number of aryl methyl sites for hydroxylation is 1. The van der Waals surface area contributed by atoms with Crippen LogP contribution in [0.15, 0.2) is 12.3 Å². The Balaban J connectivity index is 3.05. The summed E-state index contributed by atoms with van der Waals surface area (Å²) in [6.45, 7) is 1.86. The molecule has 0 saturated carbocycles. The van der Waals surface area contributed by atoms with Crippen LogP contribution in [-0.2, 0) is 6.42 Å². The molecule has 0 aliphatic rings. The number of hydrogen-bond donors (Lipinski definition) is 0. The minimum absolute atomic E-state index is 0.374. The highest BCUT2D eigenvalue weighted by molar-refractivity contribution is 6.30. The van der Waals surface area contributed by atoms with Gasteiger partial charge in [-0.3, -0.25) is 4.98 Å². The Morgan fingerprint density at radius 1 is 1.73 bits per heavy atom. The fourth-order valence-corrected chi connectivity index (χ4v) is 0.994. The van der Waals surface area contributed by atoms with Gasteiger partial charge in [-0.2, -0.15) is 5.26 Å². The van der Waals surface area contributed by atoms with Gasteiger partial charge < -0.3 is 0 Å². The van der Waals surface area contributed by atoms with Crippen molar-refractivity contribution in [2.45, 2.75) is 13.3 Å². The number of hydrogen-bond acceptors (Lipinski definition) is 2. The summed E-state index contributed by atoms with van der Waals surface area (Å²) in [5.41, 5.74) is 1.77. The molecule has 0 fully saturated rings. The molecule has 0 spiro atoms. The van der Waals surface area contributed by atoms with E-state index in [9.17, 15) is 0 Å². The maximum Gasteiger partial charge on any atom is 0.0670 e. The molecule has 0 N–H and O–H groups in total. The van der Waals surface area contributed by atoms with E-state index in [4.69, 9.17) is 16.9 Å². The molecule has 0 aromatic carbocycles. The van der Waals surface area contributed by atoms with Gasteiger partial charge >= 0.3 is 0 Å². The number of nitrogens with zero attached hydrogens (tertiary/aromatic N) is 2. The maximum atomic E-state index is 8.41. The second-order valence-corrected chi connectivity index (χ2v) is 2.67. The van der Waals surface area contributed by atoms with E-state index < -0.39 is 0 Å². The Bertz CT molecular complexity index is 301. The molecule has 11 heavy (non-hydrogen) atoms. The van der Waals surface area contributed by atoms with Gasteiger partial charge in [-0.25, -0.2) is 0 Å². The molecule has 2 nitrogen and oxygen atoms in total. The summed E-state index contributed by atoms with van der Waals surface area (Å²) in [4.78, 5) is 4.01. The van der Waals surface area contributed by atoms with Crippen molar-refractivity contribution in [1.82, 2.24) is 4.98 Å². The van der Waals surface area contributed by atoms with E-state index in [1.807, 2.05) is 6.92 Å². The van der Waals surface area contributed by atoms with Crippen molar-refractivity contribution >= 4 is 11.6 Å². The summed E-state index contributed by atoms with van der Waals surface area (Å²) in [6.07, 6.45) is 1.96. The topological polar surface area (TPSA) is 36.7 Å². The van der Waals surface area contributed by atoms with Crippen LogP contribution in [0.1, 0.15) is 11.3 Å². The van der Waals surface area contributed by atoms with Gasteiger partial charge in [0.1, 0.15) is 0 Å². The molecule has 1 aromatic heterocycles. The monoisotopic (exact) mass is 166 g/mol. The highest BCUT2D eigenvalue weighted by Crippen LogP contribution is 2.12. The fraction of sp³-hybridized carbons (Fsp3) is 0.250. The molecular formula is C8H7ClN2. The quantitative estimate of drug-likeness (QED) is 0.641. The summed E-state index contributed by atoms with van der Waals surface area (Å²) in [7, 11) is 0. The number of nitriles is 1. The van der Waals surface area contributed by atoms with Gasteiger partial charge in [0.15, 0.2) is 0 Å². The van der Waals surface area contributed by atoms with Crippen molar-refractivity contribution < 1.29 is 0 Å². The predicted molar refractivity (Wildman–Crippen MR) is 43.3 cm³/mol. The molecule has 0 radical (unpaired) electrons. The molecule has 1 rings (SSSR count). The molecule has 0 aliphatic heterocycles. The van der Waals surface area contributed by atoms with Crippen LogP contribution >= 0.6 is 11.6 Å². The van der Waals surface area contributed by atoms with E-state index in [0.29, 0.717) is 11.4 Å². The maximum absolute atomic E-state index is 8.41. The van der Waals surface area contributed by atoms with Crippen LogP contribution in [0.4, 0.5) is 0 Å². The highest BCUT2D eigenvalue weighted by Gasteiger charge is 1.98. The van der Waals surface area contributed by atoms with Crippen LogP contribution in [0.25, 0.3) is 0 Å². The lowest BCUT2D eigenvalue weighted by Gasteiger charge is -1.98. The van der Waals surface area contributed by atoms with Crippen LogP contribution in [0.2, 0.25) is 5.02 Å². The minimum Gasteiger partial charge on any atom is -0.260 e. The van der Waals surface area contributed by atoms with Crippen LogP contribution in [-0.4, -0.2) is 4.98 Å². The van der Waals surface area contributed by atoms with Gasteiger partial charge in [-0.15, -0.1) is 0 Å².